The van der Waals surface area contributed by atoms with Crippen molar-refractivity contribution in [2.24, 2.45) is 0 Å². The Hall–Kier alpha value is -0.680. The molecule has 1 saturated heterocycles. The lowest BCUT2D eigenvalue weighted by molar-refractivity contribution is 0.277. The number of aromatic nitrogens is 2. The lowest BCUT2D eigenvalue weighted by atomic mass is 10.2. The molecule has 4 nitrogen and oxygen atoms in total. The van der Waals surface area contributed by atoms with Crippen molar-refractivity contribution in [2.45, 2.75) is 45.6 Å². The summed E-state index contributed by atoms with van der Waals surface area (Å²) in [6.07, 6.45) is 2.63. The average molecular weight is 254 g/mol. The van der Waals surface area contributed by atoms with Crippen molar-refractivity contribution in [3.05, 3.63) is 5.82 Å². The van der Waals surface area contributed by atoms with Crippen LogP contribution in [0.2, 0.25) is 0 Å². The maximum atomic E-state index is 4.50. The molecule has 1 atom stereocenters. The first-order valence-electron chi connectivity index (χ1n) is 6.52. The molecule has 96 valence electrons. The Kier molecular flexibility index (Phi) is 4.34. The summed E-state index contributed by atoms with van der Waals surface area (Å²) < 4.78 is 4.35. The summed E-state index contributed by atoms with van der Waals surface area (Å²) in [7, 11) is 0. The van der Waals surface area contributed by atoms with Crippen LogP contribution < -0.4 is 5.32 Å². The van der Waals surface area contributed by atoms with E-state index in [0.717, 1.165) is 24.0 Å². The van der Waals surface area contributed by atoms with E-state index in [1.54, 1.807) is 0 Å². The molecule has 2 rings (SSSR count). The Balaban J connectivity index is 1.84. The molecule has 1 N–H and O–H groups in total. The molecule has 0 aromatic carbocycles. The van der Waals surface area contributed by atoms with E-state index in [1.807, 2.05) is 0 Å². The van der Waals surface area contributed by atoms with Crippen LogP contribution >= 0.6 is 11.5 Å². The maximum absolute atomic E-state index is 4.50. The van der Waals surface area contributed by atoms with Crippen LogP contribution in [0.5, 0.6) is 0 Å². The predicted octanol–water partition coefficient (Wildman–Crippen LogP) is 2.56. The van der Waals surface area contributed by atoms with Crippen LogP contribution in [0.4, 0.5) is 5.13 Å². The molecule has 0 radical (unpaired) electrons. The highest BCUT2D eigenvalue weighted by Crippen LogP contribution is 2.20. The molecule has 1 unspecified atom stereocenters. The van der Waals surface area contributed by atoms with Gasteiger partial charge in [0.05, 0.1) is 0 Å². The van der Waals surface area contributed by atoms with Crippen LogP contribution in [0.1, 0.15) is 45.4 Å². The summed E-state index contributed by atoms with van der Waals surface area (Å²) >= 11 is 1.48. The van der Waals surface area contributed by atoms with E-state index in [9.17, 15) is 0 Å². The topological polar surface area (TPSA) is 41.0 Å². The van der Waals surface area contributed by atoms with Gasteiger partial charge in [-0.05, 0) is 25.9 Å². The molecule has 1 fully saturated rings. The van der Waals surface area contributed by atoms with Crippen molar-refractivity contribution in [3.63, 3.8) is 0 Å². The number of likely N-dealkylation sites (N-methyl/N-ethyl adjacent to an activating group) is 1. The van der Waals surface area contributed by atoms with E-state index in [4.69, 9.17) is 0 Å². The van der Waals surface area contributed by atoms with Crippen LogP contribution in [0.25, 0.3) is 0 Å². The number of nitrogens with one attached hydrogen (secondary N) is 1. The zero-order valence-electron chi connectivity index (χ0n) is 10.9. The van der Waals surface area contributed by atoms with Crippen LogP contribution in [0, 0.1) is 0 Å². The molecule has 0 aliphatic carbocycles. The van der Waals surface area contributed by atoms with E-state index in [2.05, 4.69) is 40.3 Å². The number of rotatable bonds is 5. The second kappa shape index (κ2) is 5.78. The Morgan fingerprint density at radius 3 is 3.00 bits per heavy atom. The van der Waals surface area contributed by atoms with Crippen molar-refractivity contribution in [1.29, 1.82) is 0 Å². The van der Waals surface area contributed by atoms with Gasteiger partial charge in [0.2, 0.25) is 5.13 Å². The summed E-state index contributed by atoms with van der Waals surface area (Å²) in [5.74, 6) is 1.37. The van der Waals surface area contributed by atoms with Gasteiger partial charge >= 0.3 is 0 Å². The van der Waals surface area contributed by atoms with Crippen LogP contribution in [-0.2, 0) is 0 Å². The smallest absolute Gasteiger partial charge is 0.202 e. The molecule has 1 aliphatic heterocycles. The van der Waals surface area contributed by atoms with Crippen molar-refractivity contribution in [2.75, 3.05) is 25.0 Å². The zero-order chi connectivity index (χ0) is 12.3. The van der Waals surface area contributed by atoms with Crippen LogP contribution in [-0.4, -0.2) is 39.9 Å². The van der Waals surface area contributed by atoms with Gasteiger partial charge in [0, 0.05) is 30.0 Å². The molecule has 0 amide bonds. The van der Waals surface area contributed by atoms with Gasteiger partial charge in [0.1, 0.15) is 5.82 Å². The first-order valence-corrected chi connectivity index (χ1v) is 7.29. The minimum absolute atomic E-state index is 0.417. The fraction of sp³-hybridized carbons (Fsp3) is 0.833. The minimum atomic E-state index is 0.417. The lowest BCUT2D eigenvalue weighted by Crippen LogP contribution is -2.34. The highest BCUT2D eigenvalue weighted by atomic mass is 32.1. The molecule has 5 heteroatoms. The average Bonchev–Trinajstić information content (AvgIpc) is 2.95. The minimum Gasteiger partial charge on any atom is -0.359 e. The zero-order valence-corrected chi connectivity index (χ0v) is 11.8. The van der Waals surface area contributed by atoms with E-state index in [-0.39, 0.29) is 0 Å². The third-order valence-corrected chi connectivity index (χ3v) is 4.04. The van der Waals surface area contributed by atoms with E-state index in [1.165, 1.54) is 30.9 Å². The van der Waals surface area contributed by atoms with Crippen LogP contribution in [0.3, 0.4) is 0 Å². The molecule has 17 heavy (non-hydrogen) atoms. The molecule has 2 heterocycles. The molecular formula is C12H22N4S. The molecule has 0 bridgehead atoms. The van der Waals surface area contributed by atoms with Crippen molar-refractivity contribution >= 4 is 16.7 Å². The third kappa shape index (κ3) is 3.16. The van der Waals surface area contributed by atoms with Gasteiger partial charge < -0.3 is 5.32 Å². The molecule has 1 aromatic heterocycles. The first kappa shape index (κ1) is 12.8. The molecule has 1 aromatic rings. The molecule has 1 aliphatic rings. The van der Waals surface area contributed by atoms with Gasteiger partial charge in [-0.1, -0.05) is 20.8 Å². The predicted molar refractivity (Wildman–Crippen MR) is 72.8 cm³/mol. The second-order valence-electron chi connectivity index (χ2n) is 4.92. The fourth-order valence-electron chi connectivity index (χ4n) is 2.29. The number of hydrogen-bond acceptors (Lipinski definition) is 5. The summed E-state index contributed by atoms with van der Waals surface area (Å²) in [6.45, 7) is 9.89. The Labute approximate surface area is 108 Å². The van der Waals surface area contributed by atoms with E-state index >= 15 is 0 Å². The number of hydrogen-bond donors (Lipinski definition) is 1. The first-order chi connectivity index (χ1) is 8.20. The number of anilines is 1. The summed E-state index contributed by atoms with van der Waals surface area (Å²) in [5.41, 5.74) is 0. The summed E-state index contributed by atoms with van der Waals surface area (Å²) in [5, 5.41) is 4.40. The molecule has 0 saturated carbocycles. The Morgan fingerprint density at radius 1 is 1.53 bits per heavy atom. The van der Waals surface area contributed by atoms with E-state index in [0.29, 0.717) is 12.0 Å². The standard InChI is InChI=1S/C12H22N4S/c1-4-16-7-5-6-10(16)8-13-12-14-11(9(2)3)15-17-12/h9-10H,4-8H2,1-3H3,(H,13,14,15). The SMILES string of the molecule is CCN1CCCC1CNc1nc(C(C)C)ns1. The highest BCUT2D eigenvalue weighted by molar-refractivity contribution is 7.09. The van der Waals surface area contributed by atoms with Crippen molar-refractivity contribution in [3.8, 4) is 0 Å². The van der Waals surface area contributed by atoms with Gasteiger partial charge in [0.25, 0.3) is 0 Å². The molecule has 0 spiro atoms. The summed E-state index contributed by atoms with van der Waals surface area (Å²) in [4.78, 5) is 7.04. The number of nitrogens with zero attached hydrogens (tertiary/aromatic N) is 3. The maximum Gasteiger partial charge on any atom is 0.202 e. The second-order valence-corrected chi connectivity index (χ2v) is 5.67. The van der Waals surface area contributed by atoms with Gasteiger partial charge in [-0.25, -0.2) is 4.98 Å². The lowest BCUT2D eigenvalue weighted by Gasteiger charge is -2.22. The van der Waals surface area contributed by atoms with Gasteiger partial charge in [-0.15, -0.1) is 0 Å². The Morgan fingerprint density at radius 2 is 2.35 bits per heavy atom. The fourth-order valence-corrected chi connectivity index (χ4v) is 3.00. The van der Waals surface area contributed by atoms with Gasteiger partial charge in [-0.2, -0.15) is 4.37 Å². The quantitative estimate of drug-likeness (QED) is 0.877. The van der Waals surface area contributed by atoms with Gasteiger partial charge in [0.15, 0.2) is 0 Å². The van der Waals surface area contributed by atoms with Crippen molar-refractivity contribution < 1.29 is 0 Å². The van der Waals surface area contributed by atoms with E-state index < -0.39 is 0 Å². The van der Waals surface area contributed by atoms with Crippen molar-refractivity contribution in [1.82, 2.24) is 14.3 Å². The summed E-state index contributed by atoms with van der Waals surface area (Å²) in [6, 6.07) is 0.673. The molecular weight excluding hydrogens is 232 g/mol. The third-order valence-electron chi connectivity index (χ3n) is 3.35. The Bertz CT molecular complexity index is 350. The van der Waals surface area contributed by atoms with Crippen LogP contribution in [0.15, 0.2) is 0 Å². The normalized spacial score (nSPS) is 21.3. The highest BCUT2D eigenvalue weighted by Gasteiger charge is 2.22. The number of likely N-dealkylation sites (tertiary alicyclic amines) is 1. The monoisotopic (exact) mass is 254 g/mol. The van der Waals surface area contributed by atoms with Gasteiger partial charge in [-0.3, -0.25) is 4.90 Å². The largest absolute Gasteiger partial charge is 0.359 e.